The van der Waals surface area contributed by atoms with Gasteiger partial charge in [-0.05, 0) is 56.0 Å². The number of rotatable bonds is 4. The highest BCUT2D eigenvalue weighted by Crippen LogP contribution is 2.34. The molecule has 0 radical (unpaired) electrons. The first-order valence-electron chi connectivity index (χ1n) is 15.9. The summed E-state index contributed by atoms with van der Waals surface area (Å²) in [7, 11) is 1.58. The van der Waals surface area contributed by atoms with E-state index in [-0.39, 0.29) is 36.9 Å². The molecule has 0 spiro atoms. The number of amides is 3. The Morgan fingerprint density at radius 2 is 1.91 bits per heavy atom. The van der Waals surface area contributed by atoms with E-state index in [1.54, 1.807) is 36.3 Å². The Kier molecular flexibility index (Phi) is 9.34. The molecule has 2 fully saturated rings. The van der Waals surface area contributed by atoms with Crippen LogP contribution in [0, 0.1) is 0 Å². The number of ether oxygens (including phenoxy) is 3. The number of carbonyl (C=O) groups is 3. The molecule has 45 heavy (non-hydrogen) atoms. The Hall–Kier alpha value is -4.38. The number of likely N-dealkylation sites (tertiary alicyclic amines) is 1. The van der Waals surface area contributed by atoms with Gasteiger partial charge in [-0.1, -0.05) is 31.4 Å². The molecule has 3 aliphatic rings. The van der Waals surface area contributed by atoms with Crippen molar-refractivity contribution in [2.24, 2.45) is 0 Å². The Labute approximate surface area is 263 Å². The van der Waals surface area contributed by atoms with Gasteiger partial charge >= 0.3 is 0 Å². The van der Waals surface area contributed by atoms with Crippen LogP contribution in [0.4, 0.5) is 0 Å². The smallest absolute Gasteiger partial charge is 0.257 e. The molecule has 1 saturated heterocycles. The van der Waals surface area contributed by atoms with Gasteiger partial charge in [0.15, 0.2) is 0 Å². The van der Waals surface area contributed by atoms with Crippen LogP contribution in [-0.4, -0.2) is 83.2 Å². The lowest BCUT2D eigenvalue weighted by Crippen LogP contribution is -2.58. The quantitative estimate of drug-likeness (QED) is 0.438. The maximum Gasteiger partial charge on any atom is 0.257 e. The SMILES string of the molecule is CCOc1cc2cc(c1)C(=O)N(C)CC(=O)N[C@H]1CN(C(=O)c3cn[nH]c3C3CCCCC3)CC[C@H]1OCc1cccc(c1)O2. The molecule has 238 valence electrons. The molecule has 11 heteroatoms. The number of carbonyl (C=O) groups excluding carboxylic acids is 3. The predicted molar refractivity (Wildman–Crippen MR) is 167 cm³/mol. The van der Waals surface area contributed by atoms with Crippen molar-refractivity contribution < 1.29 is 28.6 Å². The topological polar surface area (TPSA) is 126 Å². The average molecular weight is 616 g/mol. The van der Waals surface area contributed by atoms with Crippen molar-refractivity contribution in [2.75, 3.05) is 33.3 Å². The molecule has 2 atom stereocenters. The number of H-pyrrole nitrogens is 1. The standard InChI is InChI=1S/C34H41N5O6/c1-3-43-26-15-24-16-27(17-26)45-25-11-7-8-22(14-25)21-44-30-12-13-39(19-29(30)36-31(40)20-38(2)33(24)41)34(42)28-18-35-37-32(28)23-9-5-4-6-10-23/h7-8,11,14-18,23,29-30H,3-6,9-10,12-13,19-21H2,1-2H3,(H,35,37)(H,36,40)/t29-,30+/m0/s1. The first-order chi connectivity index (χ1) is 21.9. The molecular weight excluding hydrogens is 574 g/mol. The monoisotopic (exact) mass is 615 g/mol. The number of nitrogens with zero attached hydrogens (tertiary/aromatic N) is 3. The van der Waals surface area contributed by atoms with Crippen molar-refractivity contribution >= 4 is 17.7 Å². The van der Waals surface area contributed by atoms with Crippen molar-refractivity contribution in [3.05, 3.63) is 71.0 Å². The lowest BCUT2D eigenvalue weighted by Gasteiger charge is -2.39. The fourth-order valence-electron chi connectivity index (χ4n) is 6.59. The third kappa shape index (κ3) is 7.14. The first kappa shape index (κ1) is 30.6. The average Bonchev–Trinajstić information content (AvgIpc) is 3.54. The number of aromatic nitrogens is 2. The van der Waals surface area contributed by atoms with Gasteiger partial charge < -0.3 is 29.3 Å². The molecule has 4 bridgehead atoms. The molecule has 11 nitrogen and oxygen atoms in total. The van der Waals surface area contributed by atoms with Crippen LogP contribution in [0.1, 0.15) is 83.3 Å². The van der Waals surface area contributed by atoms with Gasteiger partial charge in [0.05, 0.1) is 49.4 Å². The molecule has 3 aromatic rings. The van der Waals surface area contributed by atoms with Crippen molar-refractivity contribution in [3.8, 4) is 17.2 Å². The molecule has 2 aliphatic heterocycles. The van der Waals surface area contributed by atoms with Crippen LogP contribution >= 0.6 is 0 Å². The number of hydrogen-bond acceptors (Lipinski definition) is 7. The maximum atomic E-state index is 13.8. The number of fused-ring (bicyclic) bond motifs is 5. The summed E-state index contributed by atoms with van der Waals surface area (Å²) < 4.78 is 18.2. The molecule has 1 saturated carbocycles. The van der Waals surface area contributed by atoms with Crippen LogP contribution in [0.5, 0.6) is 17.2 Å². The minimum atomic E-state index is -0.469. The summed E-state index contributed by atoms with van der Waals surface area (Å²) in [6.07, 6.45) is 7.47. The molecule has 2 N–H and O–H groups in total. The molecule has 1 aliphatic carbocycles. The summed E-state index contributed by atoms with van der Waals surface area (Å²) in [5.41, 5.74) is 2.77. The van der Waals surface area contributed by atoms with Gasteiger partial charge in [-0.2, -0.15) is 5.10 Å². The van der Waals surface area contributed by atoms with E-state index in [1.165, 1.54) is 11.3 Å². The van der Waals surface area contributed by atoms with E-state index < -0.39 is 6.04 Å². The minimum Gasteiger partial charge on any atom is -0.494 e. The number of aromatic amines is 1. The van der Waals surface area contributed by atoms with E-state index in [9.17, 15) is 14.4 Å². The predicted octanol–water partition coefficient (Wildman–Crippen LogP) is 4.65. The maximum absolute atomic E-state index is 13.8. The summed E-state index contributed by atoms with van der Waals surface area (Å²) in [5.74, 6) is 1.08. The molecule has 3 amide bonds. The third-order valence-corrected chi connectivity index (χ3v) is 8.86. The Morgan fingerprint density at radius 3 is 2.73 bits per heavy atom. The molecule has 2 aromatic carbocycles. The van der Waals surface area contributed by atoms with E-state index >= 15 is 0 Å². The second kappa shape index (κ2) is 13.7. The molecule has 0 unspecified atom stereocenters. The Morgan fingerprint density at radius 1 is 1.07 bits per heavy atom. The van der Waals surface area contributed by atoms with Gasteiger partial charge in [-0.15, -0.1) is 0 Å². The van der Waals surface area contributed by atoms with E-state index in [0.717, 1.165) is 36.9 Å². The van der Waals surface area contributed by atoms with Gasteiger partial charge in [0.1, 0.15) is 17.2 Å². The van der Waals surface area contributed by atoms with Crippen LogP contribution in [-0.2, 0) is 16.1 Å². The summed E-state index contributed by atoms with van der Waals surface area (Å²) in [6, 6.07) is 12.1. The summed E-state index contributed by atoms with van der Waals surface area (Å²) in [5, 5.41) is 10.4. The highest BCUT2D eigenvalue weighted by Gasteiger charge is 2.36. The van der Waals surface area contributed by atoms with Crippen LogP contribution in [0.2, 0.25) is 0 Å². The van der Waals surface area contributed by atoms with Crippen LogP contribution in [0.3, 0.4) is 0 Å². The summed E-state index contributed by atoms with van der Waals surface area (Å²) >= 11 is 0. The Bertz CT molecular complexity index is 1530. The second-order valence-electron chi connectivity index (χ2n) is 12.1. The van der Waals surface area contributed by atoms with Crippen LogP contribution in [0.25, 0.3) is 0 Å². The first-order valence-corrected chi connectivity index (χ1v) is 15.9. The van der Waals surface area contributed by atoms with Crippen molar-refractivity contribution in [1.29, 1.82) is 0 Å². The van der Waals surface area contributed by atoms with E-state index in [1.807, 2.05) is 31.2 Å². The van der Waals surface area contributed by atoms with Crippen LogP contribution in [0.15, 0.2) is 48.7 Å². The molecule has 1 aromatic heterocycles. The third-order valence-electron chi connectivity index (χ3n) is 8.86. The van der Waals surface area contributed by atoms with Gasteiger partial charge in [-0.25, -0.2) is 0 Å². The highest BCUT2D eigenvalue weighted by molar-refractivity contribution is 5.97. The lowest BCUT2D eigenvalue weighted by atomic mass is 9.85. The van der Waals surface area contributed by atoms with Gasteiger partial charge in [0, 0.05) is 37.7 Å². The van der Waals surface area contributed by atoms with E-state index in [2.05, 4.69) is 15.5 Å². The van der Waals surface area contributed by atoms with Gasteiger partial charge in [-0.3, -0.25) is 19.5 Å². The van der Waals surface area contributed by atoms with Gasteiger partial charge in [0.25, 0.3) is 11.8 Å². The number of piperidine rings is 1. The lowest BCUT2D eigenvalue weighted by molar-refractivity contribution is -0.124. The van der Waals surface area contributed by atoms with Crippen molar-refractivity contribution in [1.82, 2.24) is 25.3 Å². The van der Waals surface area contributed by atoms with Crippen LogP contribution < -0.4 is 14.8 Å². The van der Waals surface area contributed by atoms with Crippen molar-refractivity contribution in [3.63, 3.8) is 0 Å². The normalized spacial score (nSPS) is 21.5. The Balaban J connectivity index is 1.24. The van der Waals surface area contributed by atoms with Crippen molar-refractivity contribution in [2.45, 2.75) is 70.1 Å². The number of likely N-dealkylation sites (N-methyl/N-ethyl adjacent to an activating group) is 1. The molecule has 3 heterocycles. The zero-order valence-corrected chi connectivity index (χ0v) is 25.9. The highest BCUT2D eigenvalue weighted by atomic mass is 16.5. The number of benzene rings is 2. The van der Waals surface area contributed by atoms with E-state index in [0.29, 0.717) is 60.5 Å². The minimum absolute atomic E-state index is 0.0914. The summed E-state index contributed by atoms with van der Waals surface area (Å²) in [4.78, 5) is 43.8. The fraction of sp³-hybridized carbons (Fsp3) is 0.471. The second-order valence-corrected chi connectivity index (χ2v) is 12.1. The van der Waals surface area contributed by atoms with E-state index in [4.69, 9.17) is 14.2 Å². The van der Waals surface area contributed by atoms with Gasteiger partial charge in [0.2, 0.25) is 5.91 Å². The zero-order chi connectivity index (χ0) is 31.3. The molecule has 6 rings (SSSR count). The summed E-state index contributed by atoms with van der Waals surface area (Å²) in [6.45, 7) is 3.20. The fourth-order valence-corrected chi connectivity index (χ4v) is 6.59. The largest absolute Gasteiger partial charge is 0.494 e. The number of nitrogens with one attached hydrogen (secondary N) is 2. The number of hydrogen-bond donors (Lipinski definition) is 2. The zero-order valence-electron chi connectivity index (χ0n) is 25.9. The molecular formula is C34H41N5O6.